The van der Waals surface area contributed by atoms with Crippen molar-refractivity contribution in [2.45, 2.75) is 89.8 Å². The van der Waals surface area contributed by atoms with Gasteiger partial charge in [0.1, 0.15) is 11.5 Å². The minimum absolute atomic E-state index is 0.132. The summed E-state index contributed by atoms with van der Waals surface area (Å²) in [5.74, 6) is 1.67. The Balaban J connectivity index is 1.94. The Morgan fingerprint density at radius 1 is 0.935 bits per heavy atom. The number of phenols is 1. The van der Waals surface area contributed by atoms with E-state index in [1.54, 1.807) is 0 Å². The summed E-state index contributed by atoms with van der Waals surface area (Å²) < 4.78 is 8.93. The van der Waals surface area contributed by atoms with Crippen molar-refractivity contribution < 1.29 is 9.53 Å². The van der Waals surface area contributed by atoms with Crippen molar-refractivity contribution in [1.29, 1.82) is 0 Å². The van der Waals surface area contributed by atoms with E-state index in [1.165, 1.54) is 40.7 Å². The van der Waals surface area contributed by atoms with Gasteiger partial charge in [-0.25, -0.2) is 0 Å². The standard InChI is InChI=1S/C26H34Br2O2Si/c1-26(2,3)31(4,5)30-25-22(28)14-16-9-6-7-11-18(16)24(25)19-12-8-10-17-13-21(27)23(29)15-20(17)19/h13-15,19,29H,6-12H2,1-5H3. The van der Waals surface area contributed by atoms with Crippen LogP contribution in [0.15, 0.2) is 27.1 Å². The Bertz CT molecular complexity index is 1010. The van der Waals surface area contributed by atoms with E-state index in [-0.39, 0.29) is 11.0 Å². The van der Waals surface area contributed by atoms with Crippen LogP contribution in [0.25, 0.3) is 0 Å². The molecule has 0 bridgehead atoms. The molecule has 2 aromatic rings. The molecule has 2 aliphatic rings. The molecule has 2 aliphatic carbocycles. The molecule has 0 saturated heterocycles. The van der Waals surface area contributed by atoms with Crippen LogP contribution in [0, 0.1) is 0 Å². The lowest BCUT2D eigenvalue weighted by Crippen LogP contribution is -2.44. The van der Waals surface area contributed by atoms with E-state index in [4.69, 9.17) is 4.43 Å². The van der Waals surface area contributed by atoms with Crippen LogP contribution in [0.2, 0.25) is 18.1 Å². The van der Waals surface area contributed by atoms with Crippen molar-refractivity contribution >= 4 is 40.2 Å². The second kappa shape index (κ2) is 8.53. The van der Waals surface area contributed by atoms with Crippen LogP contribution in [0.4, 0.5) is 0 Å². The fraction of sp³-hybridized carbons (Fsp3) is 0.538. The van der Waals surface area contributed by atoms with Gasteiger partial charge in [-0.05, 0) is 135 Å². The highest BCUT2D eigenvalue weighted by molar-refractivity contribution is 9.10. The third-order valence-corrected chi connectivity index (χ3v) is 13.2. The molecule has 4 rings (SSSR count). The first-order valence-electron chi connectivity index (χ1n) is 11.5. The maximum absolute atomic E-state index is 10.5. The van der Waals surface area contributed by atoms with Gasteiger partial charge < -0.3 is 9.53 Å². The summed E-state index contributed by atoms with van der Waals surface area (Å²) >= 11 is 7.44. The first-order chi connectivity index (χ1) is 14.5. The summed E-state index contributed by atoms with van der Waals surface area (Å²) in [6, 6.07) is 6.44. The lowest BCUT2D eigenvalue weighted by atomic mass is 9.74. The van der Waals surface area contributed by atoms with Crippen molar-refractivity contribution in [3.05, 3.63) is 55.0 Å². The molecule has 0 amide bonds. The second-order valence-electron chi connectivity index (χ2n) is 10.8. The number of aromatic hydroxyl groups is 1. The first-order valence-corrected chi connectivity index (χ1v) is 16.0. The highest BCUT2D eigenvalue weighted by Gasteiger charge is 2.41. The zero-order chi connectivity index (χ0) is 22.6. The second-order valence-corrected chi connectivity index (χ2v) is 17.2. The van der Waals surface area contributed by atoms with Crippen LogP contribution >= 0.6 is 31.9 Å². The van der Waals surface area contributed by atoms with E-state index in [0.717, 1.165) is 46.8 Å². The summed E-state index contributed by atoms with van der Waals surface area (Å²) in [6.45, 7) is 11.6. The summed E-state index contributed by atoms with van der Waals surface area (Å²) in [6.07, 6.45) is 8.11. The SMILES string of the molecule is CC(C)(C)[Si](C)(C)Oc1c(Br)cc2c(c1C1CCCc3cc(Br)c(O)cc31)CCCC2. The molecule has 2 aromatic carbocycles. The molecule has 0 radical (unpaired) electrons. The maximum Gasteiger partial charge on any atom is 0.250 e. The normalized spacial score (nSPS) is 19.0. The predicted molar refractivity (Wildman–Crippen MR) is 139 cm³/mol. The van der Waals surface area contributed by atoms with E-state index in [2.05, 4.69) is 77.9 Å². The van der Waals surface area contributed by atoms with E-state index < -0.39 is 8.32 Å². The summed E-state index contributed by atoms with van der Waals surface area (Å²) in [4.78, 5) is 0. The maximum atomic E-state index is 10.5. The van der Waals surface area contributed by atoms with E-state index >= 15 is 0 Å². The van der Waals surface area contributed by atoms with Gasteiger partial charge in [0.25, 0.3) is 8.32 Å². The molecule has 1 atom stereocenters. The molecule has 168 valence electrons. The Kier molecular flexibility index (Phi) is 6.43. The summed E-state index contributed by atoms with van der Waals surface area (Å²) in [5.41, 5.74) is 6.99. The van der Waals surface area contributed by atoms with Crippen molar-refractivity contribution in [3.63, 3.8) is 0 Å². The Hall–Kier alpha value is -0.783. The van der Waals surface area contributed by atoms with Gasteiger partial charge in [0, 0.05) is 11.5 Å². The molecule has 5 heteroatoms. The number of hydrogen-bond acceptors (Lipinski definition) is 2. The fourth-order valence-corrected chi connectivity index (χ4v) is 7.02. The average Bonchev–Trinajstić information content (AvgIpc) is 2.68. The summed E-state index contributed by atoms with van der Waals surface area (Å²) in [7, 11) is -2.02. The number of halogens is 2. The highest BCUT2D eigenvalue weighted by atomic mass is 79.9. The third-order valence-electron chi connectivity index (χ3n) is 7.63. The van der Waals surface area contributed by atoms with E-state index in [1.807, 2.05) is 6.07 Å². The number of aryl methyl sites for hydroxylation is 2. The summed E-state index contributed by atoms with van der Waals surface area (Å²) in [5, 5.41) is 10.6. The van der Waals surface area contributed by atoms with Gasteiger partial charge in [-0.3, -0.25) is 0 Å². The van der Waals surface area contributed by atoms with Gasteiger partial charge in [0.2, 0.25) is 0 Å². The molecule has 0 fully saturated rings. The zero-order valence-electron chi connectivity index (χ0n) is 19.4. The number of fused-ring (bicyclic) bond motifs is 2. The van der Waals surface area contributed by atoms with Crippen LogP contribution in [-0.4, -0.2) is 13.4 Å². The van der Waals surface area contributed by atoms with Crippen LogP contribution in [0.1, 0.15) is 80.2 Å². The van der Waals surface area contributed by atoms with Gasteiger partial charge in [0.05, 0.1) is 8.95 Å². The van der Waals surface area contributed by atoms with Gasteiger partial charge >= 0.3 is 0 Å². The first kappa shape index (κ1) is 23.4. The molecule has 0 saturated carbocycles. The Morgan fingerprint density at radius 3 is 2.29 bits per heavy atom. The molecular weight excluding hydrogens is 532 g/mol. The number of benzene rings is 2. The molecular formula is C26H34Br2O2Si. The van der Waals surface area contributed by atoms with Crippen LogP contribution < -0.4 is 4.43 Å². The Morgan fingerprint density at radius 2 is 1.58 bits per heavy atom. The average molecular weight is 566 g/mol. The minimum Gasteiger partial charge on any atom is -0.543 e. The zero-order valence-corrected chi connectivity index (χ0v) is 23.5. The lowest BCUT2D eigenvalue weighted by Gasteiger charge is -2.40. The van der Waals surface area contributed by atoms with Gasteiger partial charge in [-0.15, -0.1) is 0 Å². The van der Waals surface area contributed by atoms with Gasteiger partial charge in [-0.2, -0.15) is 0 Å². The van der Waals surface area contributed by atoms with Crippen molar-refractivity contribution in [3.8, 4) is 11.5 Å². The van der Waals surface area contributed by atoms with Crippen molar-refractivity contribution in [2.75, 3.05) is 0 Å². The topological polar surface area (TPSA) is 29.5 Å². The molecule has 0 aliphatic heterocycles. The molecule has 1 N–H and O–H groups in total. The van der Waals surface area contributed by atoms with Crippen LogP contribution in [0.5, 0.6) is 11.5 Å². The van der Waals surface area contributed by atoms with Crippen LogP contribution in [-0.2, 0) is 19.3 Å². The quantitative estimate of drug-likeness (QED) is 0.377. The molecule has 0 aromatic heterocycles. The van der Waals surface area contributed by atoms with Crippen LogP contribution in [0.3, 0.4) is 0 Å². The fourth-order valence-electron chi connectivity index (χ4n) is 4.87. The smallest absolute Gasteiger partial charge is 0.250 e. The number of hydrogen-bond donors (Lipinski definition) is 1. The minimum atomic E-state index is -2.02. The largest absolute Gasteiger partial charge is 0.543 e. The van der Waals surface area contributed by atoms with Crippen molar-refractivity contribution in [2.24, 2.45) is 0 Å². The molecule has 1 unspecified atom stereocenters. The van der Waals surface area contributed by atoms with E-state index in [0.29, 0.717) is 5.75 Å². The molecule has 0 spiro atoms. The number of rotatable bonds is 3. The third kappa shape index (κ3) is 4.39. The number of phenolic OH excluding ortho intramolecular Hbond substituents is 1. The molecule has 2 nitrogen and oxygen atoms in total. The monoisotopic (exact) mass is 564 g/mol. The molecule has 31 heavy (non-hydrogen) atoms. The van der Waals surface area contributed by atoms with Gasteiger partial charge in [-0.1, -0.05) is 20.8 Å². The Labute approximate surface area is 205 Å². The van der Waals surface area contributed by atoms with Gasteiger partial charge in [0.15, 0.2) is 0 Å². The predicted octanol–water partition coefficient (Wildman–Crippen LogP) is 8.65. The van der Waals surface area contributed by atoms with Crippen molar-refractivity contribution in [1.82, 2.24) is 0 Å². The highest BCUT2D eigenvalue weighted by Crippen LogP contribution is 2.50. The molecule has 0 heterocycles. The lowest BCUT2D eigenvalue weighted by molar-refractivity contribution is 0.463. The van der Waals surface area contributed by atoms with E-state index in [9.17, 15) is 5.11 Å².